The van der Waals surface area contributed by atoms with E-state index in [4.69, 9.17) is 0 Å². The molecule has 1 unspecified atom stereocenters. The molecular formula is C70H67N. The van der Waals surface area contributed by atoms with Crippen LogP contribution in [0.15, 0.2) is 206 Å². The van der Waals surface area contributed by atoms with E-state index in [0.717, 1.165) is 5.69 Å². The Labute approximate surface area is 423 Å². The molecule has 1 heterocycles. The van der Waals surface area contributed by atoms with Crippen LogP contribution < -0.4 is 4.90 Å². The zero-order valence-corrected chi connectivity index (χ0v) is 43.6. The number of anilines is 3. The van der Waals surface area contributed by atoms with Gasteiger partial charge in [0.15, 0.2) is 0 Å². The lowest BCUT2D eigenvalue weighted by atomic mass is 9.65. The van der Waals surface area contributed by atoms with Crippen molar-refractivity contribution in [2.24, 2.45) is 0 Å². The van der Waals surface area contributed by atoms with Crippen LogP contribution in [-0.4, -0.2) is 0 Å². The highest BCUT2D eigenvalue weighted by molar-refractivity contribution is 5.97. The molecule has 0 saturated carbocycles. The van der Waals surface area contributed by atoms with E-state index >= 15 is 0 Å². The van der Waals surface area contributed by atoms with Crippen LogP contribution in [0.25, 0.3) is 44.5 Å². The van der Waals surface area contributed by atoms with Gasteiger partial charge in [-0.2, -0.15) is 0 Å². The molecule has 0 fully saturated rings. The highest BCUT2D eigenvalue weighted by Gasteiger charge is 2.48. The van der Waals surface area contributed by atoms with Crippen molar-refractivity contribution in [3.05, 3.63) is 256 Å². The number of hydrogen-bond acceptors (Lipinski definition) is 1. The standard InChI is InChI=1S/C70H67N/c1-66(2,3)52-28-21-29-54(42-52)70(51-26-19-14-20-27-51)59-44-53(67(4,5)6)34-37-57(59)65-58(43-55(45-62(65)70)68(7,8)9)48-30-35-56(36-31-48)71-63-38-32-49(46-22-15-12-16-23-46)40-60(63)69(10,11)61-41-50(33-39-64(61)71)47-24-17-13-18-25-47/h12-45H,1-11H3. The number of nitrogens with zero attached hydrogens (tertiary/aromatic N) is 1. The third kappa shape index (κ3) is 7.68. The fourth-order valence-electron chi connectivity index (χ4n) is 11.7. The first-order valence-corrected chi connectivity index (χ1v) is 25.7. The van der Waals surface area contributed by atoms with E-state index in [1.807, 2.05) is 0 Å². The number of fused-ring (bicyclic) bond motifs is 5. The predicted molar refractivity (Wildman–Crippen MR) is 303 cm³/mol. The van der Waals surface area contributed by atoms with Gasteiger partial charge < -0.3 is 4.90 Å². The number of rotatable bonds is 6. The topological polar surface area (TPSA) is 3.24 Å². The molecule has 2 aliphatic rings. The van der Waals surface area contributed by atoms with Crippen molar-refractivity contribution in [2.75, 3.05) is 4.90 Å². The van der Waals surface area contributed by atoms with Crippen LogP contribution >= 0.6 is 0 Å². The van der Waals surface area contributed by atoms with E-state index in [2.05, 4.69) is 287 Å². The lowest BCUT2D eigenvalue weighted by Gasteiger charge is -2.42. The summed E-state index contributed by atoms with van der Waals surface area (Å²) in [4.78, 5) is 2.51. The fraction of sp³-hybridized carbons (Fsp3) is 0.229. The number of hydrogen-bond donors (Lipinski definition) is 0. The van der Waals surface area contributed by atoms with Gasteiger partial charge in [0.1, 0.15) is 0 Å². The van der Waals surface area contributed by atoms with Gasteiger partial charge in [0, 0.05) is 11.1 Å². The second-order valence-electron chi connectivity index (χ2n) is 23.9. The smallest absolute Gasteiger partial charge is 0.0714 e. The molecule has 0 N–H and O–H groups in total. The van der Waals surface area contributed by atoms with Gasteiger partial charge in [0.05, 0.1) is 16.8 Å². The zero-order chi connectivity index (χ0) is 49.7. The third-order valence-electron chi connectivity index (χ3n) is 15.8. The van der Waals surface area contributed by atoms with Gasteiger partial charge in [0.25, 0.3) is 0 Å². The van der Waals surface area contributed by atoms with Crippen LogP contribution in [0.3, 0.4) is 0 Å². The summed E-state index contributed by atoms with van der Waals surface area (Å²) < 4.78 is 0. The molecule has 1 heteroatoms. The Balaban J connectivity index is 1.15. The van der Waals surface area contributed by atoms with Crippen LogP contribution in [0.1, 0.15) is 126 Å². The summed E-state index contributed by atoms with van der Waals surface area (Å²) in [6.07, 6.45) is 0. The largest absolute Gasteiger partial charge is 0.310 e. The van der Waals surface area contributed by atoms with Gasteiger partial charge in [-0.05, 0) is 153 Å². The summed E-state index contributed by atoms with van der Waals surface area (Å²) in [7, 11) is 0. The first kappa shape index (κ1) is 46.2. The summed E-state index contributed by atoms with van der Waals surface area (Å²) in [6.45, 7) is 25.9. The van der Waals surface area contributed by atoms with Gasteiger partial charge in [-0.15, -0.1) is 0 Å². The van der Waals surface area contributed by atoms with Crippen molar-refractivity contribution < 1.29 is 0 Å². The highest BCUT2D eigenvalue weighted by Crippen LogP contribution is 2.61. The van der Waals surface area contributed by atoms with Crippen molar-refractivity contribution in [3.63, 3.8) is 0 Å². The quantitative estimate of drug-likeness (QED) is 0.161. The van der Waals surface area contributed by atoms with Crippen molar-refractivity contribution in [2.45, 2.75) is 103 Å². The third-order valence-corrected chi connectivity index (χ3v) is 15.8. The van der Waals surface area contributed by atoms with Crippen LogP contribution in [0.2, 0.25) is 0 Å². The van der Waals surface area contributed by atoms with Crippen molar-refractivity contribution in [3.8, 4) is 44.5 Å². The predicted octanol–water partition coefficient (Wildman–Crippen LogP) is 19.1. The van der Waals surface area contributed by atoms with E-state index in [9.17, 15) is 0 Å². The monoisotopic (exact) mass is 922 g/mol. The maximum absolute atomic E-state index is 2.57. The van der Waals surface area contributed by atoms with E-state index < -0.39 is 5.41 Å². The second-order valence-corrected chi connectivity index (χ2v) is 23.9. The van der Waals surface area contributed by atoms with Crippen molar-refractivity contribution >= 4 is 17.1 Å². The minimum atomic E-state index is -0.560. The second kappa shape index (κ2) is 16.7. The molecule has 9 aromatic carbocycles. The summed E-state index contributed by atoms with van der Waals surface area (Å²) in [5, 5.41) is 0. The lowest BCUT2D eigenvalue weighted by Crippen LogP contribution is -2.30. The minimum Gasteiger partial charge on any atom is -0.310 e. The molecule has 0 amide bonds. The van der Waals surface area contributed by atoms with Gasteiger partial charge in [-0.3, -0.25) is 0 Å². The molecular weight excluding hydrogens is 855 g/mol. The van der Waals surface area contributed by atoms with E-state index in [0.29, 0.717) is 0 Å². The van der Waals surface area contributed by atoms with E-state index in [1.165, 1.54) is 106 Å². The van der Waals surface area contributed by atoms with Crippen LogP contribution in [-0.2, 0) is 27.1 Å². The molecule has 0 saturated heterocycles. The summed E-state index contributed by atoms with van der Waals surface area (Å²) in [5.74, 6) is 0. The minimum absolute atomic E-state index is 0.0227. The first-order valence-electron chi connectivity index (χ1n) is 25.7. The normalized spacial score (nSPS) is 16.0. The van der Waals surface area contributed by atoms with E-state index in [-0.39, 0.29) is 21.7 Å². The van der Waals surface area contributed by atoms with Crippen LogP contribution in [0.5, 0.6) is 0 Å². The van der Waals surface area contributed by atoms with E-state index in [1.54, 1.807) is 0 Å². The summed E-state index contributed by atoms with van der Waals surface area (Å²) in [5.41, 5.74) is 24.6. The molecule has 0 bridgehead atoms. The zero-order valence-electron chi connectivity index (χ0n) is 43.6. The molecule has 1 atom stereocenters. The fourth-order valence-corrected chi connectivity index (χ4v) is 11.7. The average Bonchev–Trinajstić information content (AvgIpc) is 3.67. The maximum atomic E-state index is 2.57. The Hall–Kier alpha value is -7.22. The molecule has 9 aromatic rings. The molecule has 11 rings (SSSR count). The van der Waals surface area contributed by atoms with Gasteiger partial charge >= 0.3 is 0 Å². The highest BCUT2D eigenvalue weighted by atomic mass is 15.2. The Kier molecular flexibility index (Phi) is 10.9. The first-order chi connectivity index (χ1) is 33.8. The molecule has 1 aliphatic heterocycles. The van der Waals surface area contributed by atoms with Crippen molar-refractivity contribution in [1.29, 1.82) is 0 Å². The SMILES string of the molecule is CC(C)(C)c1cccc(C2(c3ccccc3)c3cc(C(C)(C)C)ccc3-c3c(-c4ccc(N5c6ccc(-c7ccccc7)cc6C(C)(C)c6cc(-c7ccccc7)ccc65)cc4)cc(C(C)(C)C)cc32)c1. The summed E-state index contributed by atoms with van der Waals surface area (Å²) in [6, 6.07) is 78.6. The molecule has 71 heavy (non-hydrogen) atoms. The van der Waals surface area contributed by atoms with Crippen LogP contribution in [0, 0.1) is 0 Å². The van der Waals surface area contributed by atoms with Gasteiger partial charge in [0.2, 0.25) is 0 Å². The molecule has 1 nitrogen and oxygen atoms in total. The lowest BCUT2D eigenvalue weighted by molar-refractivity contribution is 0.583. The molecule has 352 valence electrons. The molecule has 1 aliphatic carbocycles. The maximum Gasteiger partial charge on any atom is 0.0714 e. The number of benzene rings is 9. The van der Waals surface area contributed by atoms with Crippen molar-refractivity contribution in [1.82, 2.24) is 0 Å². The Morgan fingerprint density at radius 2 is 0.803 bits per heavy atom. The summed E-state index contributed by atoms with van der Waals surface area (Å²) >= 11 is 0. The Bertz CT molecular complexity index is 3370. The Morgan fingerprint density at radius 1 is 0.324 bits per heavy atom. The average molecular weight is 922 g/mol. The molecule has 0 aromatic heterocycles. The molecule has 0 spiro atoms. The van der Waals surface area contributed by atoms with Gasteiger partial charge in [-0.1, -0.05) is 240 Å². The van der Waals surface area contributed by atoms with Gasteiger partial charge in [-0.25, -0.2) is 0 Å². The van der Waals surface area contributed by atoms with Crippen LogP contribution in [0.4, 0.5) is 17.1 Å². The Morgan fingerprint density at radius 3 is 1.34 bits per heavy atom. The molecule has 0 radical (unpaired) electrons.